The number of hydrogen-bond acceptors (Lipinski definition) is 5. The van der Waals surface area contributed by atoms with Gasteiger partial charge in [-0.25, -0.2) is 0 Å². The molecule has 0 bridgehead atoms. The van der Waals surface area contributed by atoms with Crippen molar-refractivity contribution in [2.75, 3.05) is 39.4 Å². The molecule has 0 aromatic rings. The molecule has 0 N–H and O–H groups in total. The fraction of sp³-hybridized carbons (Fsp3) is 0.917. The summed E-state index contributed by atoms with van der Waals surface area (Å²) in [4.78, 5) is 29.6. The molecule has 32 heavy (non-hydrogen) atoms. The largest absolute Gasteiger partial charge is 0.343 e. The molecule has 1 unspecified atom stereocenters. The van der Waals surface area contributed by atoms with E-state index in [9.17, 15) is 14.2 Å². The fourth-order valence-corrected chi connectivity index (χ4v) is 5.62. The second-order valence-corrected chi connectivity index (χ2v) is 10.3. The van der Waals surface area contributed by atoms with Crippen LogP contribution in [0.4, 0.5) is 0 Å². The molecule has 0 aliphatic carbocycles. The quantitative estimate of drug-likeness (QED) is 0.162. The zero-order chi connectivity index (χ0) is 24.4. The van der Waals surface area contributed by atoms with Crippen LogP contribution in [0.15, 0.2) is 0 Å². The minimum atomic E-state index is -3.82. The lowest BCUT2D eigenvalue weighted by Gasteiger charge is -2.31. The van der Waals surface area contributed by atoms with Crippen molar-refractivity contribution in [3.05, 3.63) is 0 Å². The monoisotopic (exact) mass is 476 g/mol. The van der Waals surface area contributed by atoms with E-state index in [0.29, 0.717) is 26.2 Å². The Morgan fingerprint density at radius 2 is 1.12 bits per heavy atom. The van der Waals surface area contributed by atoms with Crippen LogP contribution in [-0.2, 0) is 23.2 Å². The van der Waals surface area contributed by atoms with Crippen LogP contribution in [0.25, 0.3) is 0 Å². The summed E-state index contributed by atoms with van der Waals surface area (Å²) in [6.45, 7) is 14.4. The van der Waals surface area contributed by atoms with Gasteiger partial charge in [-0.15, -0.1) is 0 Å². The molecule has 0 fully saturated rings. The third-order valence-electron chi connectivity index (χ3n) is 5.76. The van der Waals surface area contributed by atoms with Gasteiger partial charge >= 0.3 is 7.60 Å². The summed E-state index contributed by atoms with van der Waals surface area (Å²) >= 11 is 0. The Morgan fingerprint density at radius 1 is 0.688 bits per heavy atom. The van der Waals surface area contributed by atoms with E-state index in [1.54, 1.807) is 9.80 Å². The number of rotatable bonds is 20. The molecular formula is C24H49N2O5P. The minimum Gasteiger partial charge on any atom is -0.343 e. The van der Waals surface area contributed by atoms with Crippen molar-refractivity contribution in [2.45, 2.75) is 105 Å². The Balaban J connectivity index is 5.73. The Bertz CT molecular complexity index is 533. The summed E-state index contributed by atoms with van der Waals surface area (Å²) in [5.74, 6) is -0.508. The van der Waals surface area contributed by atoms with E-state index >= 15 is 0 Å². The first-order chi connectivity index (χ1) is 15.3. The van der Waals surface area contributed by atoms with Crippen molar-refractivity contribution in [2.24, 2.45) is 0 Å². The lowest BCUT2D eigenvalue weighted by molar-refractivity contribution is -0.136. The summed E-state index contributed by atoms with van der Waals surface area (Å²) in [5.41, 5.74) is -1.10. The van der Waals surface area contributed by atoms with Gasteiger partial charge in [0.05, 0.1) is 13.2 Å². The van der Waals surface area contributed by atoms with Crippen LogP contribution in [0.1, 0.15) is 99.3 Å². The van der Waals surface area contributed by atoms with Crippen LogP contribution in [-0.4, -0.2) is 66.7 Å². The van der Waals surface area contributed by atoms with Gasteiger partial charge in [0.1, 0.15) is 5.66 Å². The second-order valence-electron chi connectivity index (χ2n) is 8.12. The predicted molar refractivity (Wildman–Crippen MR) is 132 cm³/mol. The van der Waals surface area contributed by atoms with Gasteiger partial charge in [-0.05, 0) is 40.5 Å². The fourth-order valence-electron chi connectivity index (χ4n) is 3.61. The van der Waals surface area contributed by atoms with Gasteiger partial charge in [0.25, 0.3) is 0 Å². The molecule has 0 spiro atoms. The summed E-state index contributed by atoms with van der Waals surface area (Å²) in [6.07, 6.45) is 7.64. The third kappa shape index (κ3) is 11.3. The van der Waals surface area contributed by atoms with Gasteiger partial charge in [0.15, 0.2) is 0 Å². The van der Waals surface area contributed by atoms with E-state index in [1.165, 1.54) is 0 Å². The maximum Gasteiger partial charge on any atom is 0.343 e. The highest BCUT2D eigenvalue weighted by atomic mass is 31.2. The molecule has 0 rings (SSSR count). The predicted octanol–water partition coefficient (Wildman–Crippen LogP) is 5.87. The summed E-state index contributed by atoms with van der Waals surface area (Å²) in [6, 6.07) is 0. The number of nitrogens with zero attached hydrogens (tertiary/aromatic N) is 2. The highest BCUT2D eigenvalue weighted by Gasteiger charge is 2.44. The summed E-state index contributed by atoms with van der Waals surface area (Å²) in [7, 11) is -3.82. The standard InChI is InChI=1S/C24H49N2O5P/c1-7-13-15-17-19-30-32(29,31-20-18-16-14-8-2)22(24(28)26(11-5)12-6)21-23(27)25(9-3)10-4/h22H,7-21H2,1-6H3. The molecule has 8 heteroatoms. The Morgan fingerprint density at radius 3 is 1.50 bits per heavy atom. The highest BCUT2D eigenvalue weighted by Crippen LogP contribution is 2.55. The molecule has 190 valence electrons. The zero-order valence-corrected chi connectivity index (χ0v) is 22.5. The highest BCUT2D eigenvalue weighted by molar-refractivity contribution is 7.55. The molecule has 0 radical (unpaired) electrons. The van der Waals surface area contributed by atoms with Crippen LogP contribution in [0.5, 0.6) is 0 Å². The van der Waals surface area contributed by atoms with E-state index < -0.39 is 13.3 Å². The summed E-state index contributed by atoms with van der Waals surface area (Å²) < 4.78 is 25.8. The lowest BCUT2D eigenvalue weighted by Crippen LogP contribution is -2.43. The number of carbonyl (C=O) groups is 2. The van der Waals surface area contributed by atoms with Crippen LogP contribution < -0.4 is 0 Å². The smallest absolute Gasteiger partial charge is 0.343 e. The van der Waals surface area contributed by atoms with E-state index in [-0.39, 0.29) is 31.4 Å². The Hall–Kier alpha value is -0.910. The van der Waals surface area contributed by atoms with Crippen LogP contribution in [0.3, 0.4) is 0 Å². The normalized spacial score (nSPS) is 12.6. The van der Waals surface area contributed by atoms with Gasteiger partial charge in [-0.2, -0.15) is 0 Å². The first-order valence-electron chi connectivity index (χ1n) is 12.8. The Kier molecular flexibility index (Phi) is 18.0. The molecular weight excluding hydrogens is 427 g/mol. The molecule has 0 aliphatic heterocycles. The number of hydrogen-bond donors (Lipinski definition) is 0. The van der Waals surface area contributed by atoms with Crippen LogP contribution in [0, 0.1) is 0 Å². The van der Waals surface area contributed by atoms with E-state index in [2.05, 4.69) is 13.8 Å². The molecule has 0 aromatic heterocycles. The maximum absolute atomic E-state index is 14.0. The van der Waals surface area contributed by atoms with Crippen LogP contribution >= 0.6 is 7.60 Å². The first-order valence-corrected chi connectivity index (χ1v) is 14.4. The minimum absolute atomic E-state index is 0.155. The molecule has 2 amide bonds. The number of unbranched alkanes of at least 4 members (excludes halogenated alkanes) is 6. The van der Waals surface area contributed by atoms with Gasteiger partial charge in [-0.3, -0.25) is 14.2 Å². The third-order valence-corrected chi connectivity index (χ3v) is 8.02. The van der Waals surface area contributed by atoms with Crippen LogP contribution in [0.2, 0.25) is 0 Å². The van der Waals surface area contributed by atoms with Gasteiger partial charge < -0.3 is 18.8 Å². The molecule has 0 saturated heterocycles. The van der Waals surface area contributed by atoms with Crippen molar-refractivity contribution >= 4 is 19.4 Å². The van der Waals surface area contributed by atoms with Gasteiger partial charge in [-0.1, -0.05) is 52.4 Å². The number of carbonyl (C=O) groups excluding carboxylic acids is 2. The summed E-state index contributed by atoms with van der Waals surface area (Å²) in [5, 5.41) is 0. The van der Waals surface area contributed by atoms with Crippen molar-refractivity contribution in [3.63, 3.8) is 0 Å². The zero-order valence-electron chi connectivity index (χ0n) is 21.6. The van der Waals surface area contributed by atoms with Crippen molar-refractivity contribution in [3.8, 4) is 0 Å². The van der Waals surface area contributed by atoms with Gasteiger partial charge in [0, 0.05) is 32.6 Å². The van der Waals surface area contributed by atoms with E-state index in [0.717, 1.165) is 51.4 Å². The van der Waals surface area contributed by atoms with Crippen molar-refractivity contribution in [1.29, 1.82) is 0 Å². The Labute approximate surface area is 197 Å². The molecule has 0 heterocycles. The van der Waals surface area contributed by atoms with Gasteiger partial charge in [0.2, 0.25) is 11.8 Å². The maximum atomic E-state index is 14.0. The molecule has 0 aromatic carbocycles. The SMILES string of the molecule is CCCCCCOP(=O)(OCCCCCC)C(CC(=O)N(CC)CC)C(=O)N(CC)CC. The van der Waals surface area contributed by atoms with Crippen molar-refractivity contribution < 1.29 is 23.2 Å². The average molecular weight is 477 g/mol. The van der Waals surface area contributed by atoms with E-state index in [1.807, 2.05) is 27.7 Å². The second kappa shape index (κ2) is 18.5. The molecule has 0 aliphatic rings. The van der Waals surface area contributed by atoms with E-state index in [4.69, 9.17) is 9.05 Å². The molecule has 0 saturated carbocycles. The molecule has 1 atom stereocenters. The van der Waals surface area contributed by atoms with Crippen molar-refractivity contribution in [1.82, 2.24) is 9.80 Å². The topological polar surface area (TPSA) is 76.1 Å². The molecule has 7 nitrogen and oxygen atoms in total. The number of amides is 2. The first kappa shape index (κ1) is 31.1. The lowest BCUT2D eigenvalue weighted by atomic mass is 10.2. The average Bonchev–Trinajstić information content (AvgIpc) is 2.78.